The zero-order valence-electron chi connectivity index (χ0n) is 20.6. The first kappa shape index (κ1) is 30.6. The number of alkyl carbamates (subject to hydrolysis) is 1. The van der Waals surface area contributed by atoms with Crippen molar-refractivity contribution >= 4 is 20.6 Å². The fraction of sp³-hybridized carbons (Fsp3) is 0.619. The molecular formula is C21H35N2O9RfSi-. The molecule has 0 saturated carbocycles. The molecule has 1 aromatic carbocycles. The van der Waals surface area contributed by atoms with Crippen LogP contribution in [-0.4, -0.2) is 59.9 Å². The Kier molecular flexibility index (Phi) is 14.6. The van der Waals surface area contributed by atoms with Crippen LogP contribution in [0.1, 0.15) is 39.2 Å². The van der Waals surface area contributed by atoms with Crippen molar-refractivity contribution in [1.29, 1.82) is 0 Å². The van der Waals surface area contributed by atoms with Crippen LogP contribution in [0, 0.1) is 17.0 Å². The summed E-state index contributed by atoms with van der Waals surface area (Å²) in [6, 6.07) is 3.22. The van der Waals surface area contributed by atoms with Gasteiger partial charge < -0.3 is 39.7 Å². The van der Waals surface area contributed by atoms with Gasteiger partial charge in [0, 0.05) is 32.4 Å². The molecule has 1 N–H and O–H groups in total. The van der Waals surface area contributed by atoms with Gasteiger partial charge in [-0.3, -0.25) is 10.1 Å². The van der Waals surface area contributed by atoms with Crippen molar-refractivity contribution < 1.29 is 37.2 Å². The minimum absolute atomic E-state index is 0. The average Bonchev–Trinajstić information content (AvgIpc) is 2.79. The van der Waals surface area contributed by atoms with Gasteiger partial charge in [0.05, 0.1) is 30.3 Å². The van der Waals surface area contributed by atoms with E-state index in [9.17, 15) is 14.9 Å². The van der Waals surface area contributed by atoms with E-state index in [1.807, 2.05) is 20.8 Å². The molecule has 34 heavy (non-hydrogen) atoms. The Bertz CT molecular complexity index is 738. The number of benzene rings is 1. The van der Waals surface area contributed by atoms with Gasteiger partial charge in [-0.25, -0.2) is 4.79 Å². The number of ether oxygens (including phenoxy) is 3. The van der Waals surface area contributed by atoms with Gasteiger partial charge >= 0.3 is 14.9 Å². The van der Waals surface area contributed by atoms with Crippen LogP contribution in [0.2, 0.25) is 6.04 Å². The van der Waals surface area contributed by atoms with E-state index in [1.165, 1.54) is 19.2 Å². The van der Waals surface area contributed by atoms with Crippen LogP contribution >= 0.6 is 0 Å². The SMILES string of the molecule is [CH2-]CCOc1cc([N+](=O)[O-])c(COC(=O)NCCC[Si](OCC)(OCC)OCC)cc1OC.[Rf]. The molecule has 1 aromatic rings. The van der Waals surface area contributed by atoms with Gasteiger partial charge in [0.25, 0.3) is 5.69 Å². The molecule has 0 radical (unpaired) electrons. The van der Waals surface area contributed by atoms with E-state index in [0.717, 1.165) is 0 Å². The summed E-state index contributed by atoms with van der Waals surface area (Å²) in [6.45, 7) is 11.0. The monoisotopic (exact) mass is 754 g/mol. The molecule has 13 heteroatoms. The zero-order valence-corrected chi connectivity index (χ0v) is 28.0. The Hall–Kier alpha value is -3.41. The van der Waals surface area contributed by atoms with Crippen molar-refractivity contribution in [1.82, 2.24) is 5.32 Å². The molecule has 0 atom stereocenters. The van der Waals surface area contributed by atoms with Crippen molar-refractivity contribution in [2.24, 2.45) is 0 Å². The predicted octanol–water partition coefficient (Wildman–Crippen LogP) is 3.87. The Morgan fingerprint density at radius 3 is 2.24 bits per heavy atom. The van der Waals surface area contributed by atoms with Crippen molar-refractivity contribution in [2.45, 2.75) is 46.3 Å². The Balaban J connectivity index is 0.0000109. The Morgan fingerprint density at radius 2 is 1.74 bits per heavy atom. The quantitative estimate of drug-likeness (QED) is 0.0830. The topological polar surface area (TPSA) is 128 Å². The molecule has 0 aliphatic rings. The fourth-order valence-corrected chi connectivity index (χ4v) is 5.63. The molecule has 0 aromatic heterocycles. The summed E-state index contributed by atoms with van der Waals surface area (Å²) in [5.74, 6) is 0.531. The first-order chi connectivity index (χ1) is 15.9. The van der Waals surface area contributed by atoms with E-state index >= 15 is 0 Å². The molecule has 0 saturated heterocycles. The van der Waals surface area contributed by atoms with Crippen LogP contribution in [0.5, 0.6) is 11.5 Å². The maximum atomic E-state index is 12.1. The molecule has 0 aliphatic heterocycles. The first-order valence-corrected chi connectivity index (χ1v) is 12.9. The smallest absolute Gasteiger partial charge is 0.493 e. The van der Waals surface area contributed by atoms with E-state index < -0.39 is 19.8 Å². The molecule has 1 amide bonds. The Morgan fingerprint density at radius 1 is 1.12 bits per heavy atom. The number of hydrogen-bond donors (Lipinski definition) is 1. The Labute approximate surface area is 196 Å². The number of rotatable bonds is 17. The standard InChI is InChI=1S/C21H35N2O9Si.Rf/c1-6-12-28-20-15-18(23(25)26)17(14-19(20)27-5)16-29-21(24)22-11-10-13-33(30-7-2,31-8-3)32-9-4;/h14-15H,1,6-13,16H2,2-5H3,(H,22,24);/q-1;. The molecule has 1 rings (SSSR count). The van der Waals surface area contributed by atoms with Gasteiger partial charge in [-0.05, 0) is 33.3 Å². The van der Waals surface area contributed by atoms with Crippen molar-refractivity contribution in [2.75, 3.05) is 40.1 Å². The number of methoxy groups -OCH3 is 1. The maximum Gasteiger partial charge on any atom is 0.500 e. The van der Waals surface area contributed by atoms with Crippen LogP contribution in [0.25, 0.3) is 0 Å². The summed E-state index contributed by atoms with van der Waals surface area (Å²) in [6.07, 6.45) is 0.357. The molecule has 0 bridgehead atoms. The number of nitro groups is 1. The third-order valence-corrected chi connectivity index (χ3v) is 7.50. The molecular weight excluding hydrogens is 719 g/mol. The molecule has 190 valence electrons. The van der Waals surface area contributed by atoms with Crippen molar-refractivity contribution in [3.05, 3.63) is 34.7 Å². The minimum Gasteiger partial charge on any atom is -0.493 e. The summed E-state index contributed by atoms with van der Waals surface area (Å²) < 4.78 is 33.2. The van der Waals surface area contributed by atoms with Gasteiger partial charge in [0.2, 0.25) is 0 Å². The second-order valence-electron chi connectivity index (χ2n) is 6.68. The number of nitro benzene ring substituents is 1. The van der Waals surface area contributed by atoms with Gasteiger partial charge in [-0.1, -0.05) is 0 Å². The minimum atomic E-state index is -2.78. The molecule has 0 aliphatic carbocycles. The average molecular weight is 755 g/mol. The van der Waals surface area contributed by atoms with E-state index in [0.29, 0.717) is 51.0 Å². The number of carbonyl (C=O) groups excluding carboxylic acids is 1. The van der Waals surface area contributed by atoms with Gasteiger partial charge in [0.1, 0.15) is 6.61 Å². The predicted molar refractivity (Wildman–Crippen MR) is 123 cm³/mol. The van der Waals surface area contributed by atoms with Gasteiger partial charge in [-0.15, -0.1) is 6.42 Å². The van der Waals surface area contributed by atoms with Crippen LogP contribution in [0.15, 0.2) is 12.1 Å². The number of hydrogen-bond acceptors (Lipinski definition) is 9. The van der Waals surface area contributed by atoms with Gasteiger partial charge in [0.15, 0.2) is 11.5 Å². The van der Waals surface area contributed by atoms with Crippen LogP contribution in [0.3, 0.4) is 0 Å². The normalized spacial score (nSPS) is 10.9. The number of nitrogens with zero attached hydrogens (tertiary/aromatic N) is 1. The second-order valence-corrected chi connectivity index (χ2v) is 9.41. The summed E-state index contributed by atoms with van der Waals surface area (Å²) in [5.41, 5.74) is -0.0481. The maximum absolute atomic E-state index is 12.1. The molecule has 0 fully saturated rings. The molecule has 0 heterocycles. The summed E-state index contributed by atoms with van der Waals surface area (Å²) in [7, 11) is -1.36. The largest absolute Gasteiger partial charge is 0.500 e. The summed E-state index contributed by atoms with van der Waals surface area (Å²) >= 11 is 0. The van der Waals surface area contributed by atoms with E-state index in [-0.39, 0.29) is 30.2 Å². The third kappa shape index (κ3) is 9.61. The first-order valence-electron chi connectivity index (χ1n) is 11.0. The van der Waals surface area contributed by atoms with E-state index in [4.69, 9.17) is 27.5 Å². The van der Waals surface area contributed by atoms with Crippen LogP contribution in [0.4, 0.5) is 10.5 Å². The fourth-order valence-electron chi connectivity index (χ4n) is 3.02. The van der Waals surface area contributed by atoms with Crippen molar-refractivity contribution in [3.63, 3.8) is 0 Å². The second kappa shape index (κ2) is 16.2. The number of amides is 1. The van der Waals surface area contributed by atoms with Crippen LogP contribution < -0.4 is 14.8 Å². The molecule has 0 unspecified atom stereocenters. The summed E-state index contributed by atoms with van der Waals surface area (Å²) in [5, 5.41) is 14.1. The zero-order chi connectivity index (χ0) is 24.7. The number of carbonyl (C=O) groups is 1. The van der Waals surface area contributed by atoms with E-state index in [1.54, 1.807) is 0 Å². The third-order valence-electron chi connectivity index (χ3n) is 4.34. The van der Waals surface area contributed by atoms with Gasteiger partial charge in [-0.2, -0.15) is 0 Å². The molecule has 11 nitrogen and oxygen atoms in total. The van der Waals surface area contributed by atoms with Crippen molar-refractivity contribution in [3.8, 4) is 11.5 Å². The number of nitrogens with one attached hydrogen (secondary N) is 1. The molecule has 0 spiro atoms. The van der Waals surface area contributed by atoms with Crippen LogP contribution in [-0.2, 0) is 24.6 Å². The summed E-state index contributed by atoms with van der Waals surface area (Å²) in [4.78, 5) is 23.0. The van der Waals surface area contributed by atoms with E-state index in [2.05, 4.69) is 12.2 Å².